The van der Waals surface area contributed by atoms with Crippen molar-refractivity contribution in [2.24, 2.45) is 13.0 Å². The number of carbonyl (C=O) groups excluding carboxylic acids is 2. The summed E-state index contributed by atoms with van der Waals surface area (Å²) in [6.45, 7) is 3.77. The van der Waals surface area contributed by atoms with Gasteiger partial charge in [0.1, 0.15) is 5.69 Å². The lowest BCUT2D eigenvalue weighted by atomic mass is 9.86. The van der Waals surface area contributed by atoms with Gasteiger partial charge in [0, 0.05) is 19.3 Å². The van der Waals surface area contributed by atoms with Crippen LogP contribution in [0.25, 0.3) is 0 Å². The number of carbonyl (C=O) groups is 2. The molecule has 0 bridgehead atoms. The first-order valence-electron chi connectivity index (χ1n) is 7.61. The minimum absolute atomic E-state index is 0.197. The number of aromatic nitrogens is 1. The lowest BCUT2D eigenvalue weighted by Gasteiger charge is -2.30. The van der Waals surface area contributed by atoms with Gasteiger partial charge in [0.05, 0.1) is 0 Å². The third kappa shape index (κ3) is 3.86. The number of esters is 1. The maximum absolute atomic E-state index is 12.2. The first-order valence-corrected chi connectivity index (χ1v) is 7.61. The van der Waals surface area contributed by atoms with E-state index in [2.05, 4.69) is 12.2 Å². The molecule has 0 radical (unpaired) electrons. The molecule has 5 heteroatoms. The molecule has 1 aromatic heterocycles. The van der Waals surface area contributed by atoms with Gasteiger partial charge in [-0.25, -0.2) is 4.79 Å². The second-order valence-electron chi connectivity index (χ2n) is 5.93. The minimum atomic E-state index is -0.776. The van der Waals surface area contributed by atoms with E-state index in [0.717, 1.165) is 19.3 Å². The van der Waals surface area contributed by atoms with Crippen molar-refractivity contribution in [1.29, 1.82) is 0 Å². The van der Waals surface area contributed by atoms with Crippen molar-refractivity contribution in [3.8, 4) is 0 Å². The highest BCUT2D eigenvalue weighted by Crippen LogP contribution is 2.23. The predicted molar refractivity (Wildman–Crippen MR) is 79.9 cm³/mol. The zero-order valence-electron chi connectivity index (χ0n) is 13.0. The summed E-state index contributed by atoms with van der Waals surface area (Å²) in [4.78, 5) is 24.1. The number of nitrogens with one attached hydrogen (secondary N) is 1. The summed E-state index contributed by atoms with van der Waals surface area (Å²) >= 11 is 0. The molecule has 1 aliphatic carbocycles. The quantitative estimate of drug-likeness (QED) is 0.866. The molecular formula is C16H24N2O3. The number of ether oxygens (including phenoxy) is 1. The van der Waals surface area contributed by atoms with Crippen LogP contribution in [-0.2, 0) is 16.6 Å². The van der Waals surface area contributed by atoms with Crippen LogP contribution in [0, 0.1) is 5.92 Å². The summed E-state index contributed by atoms with van der Waals surface area (Å²) < 4.78 is 6.92. The molecular weight excluding hydrogens is 268 g/mol. The maximum atomic E-state index is 12.2. The SMILES string of the molecule is C[C@@H](OC(=O)c1cccn1C)C(=O)N[C@H]1CCCC[C@@H]1C. The molecule has 1 N–H and O–H groups in total. The molecule has 1 aliphatic rings. The van der Waals surface area contributed by atoms with E-state index in [1.807, 2.05) is 0 Å². The molecule has 1 heterocycles. The van der Waals surface area contributed by atoms with Crippen LogP contribution in [0.15, 0.2) is 18.3 Å². The van der Waals surface area contributed by atoms with E-state index in [0.29, 0.717) is 11.6 Å². The van der Waals surface area contributed by atoms with E-state index in [9.17, 15) is 9.59 Å². The summed E-state index contributed by atoms with van der Waals surface area (Å²) in [5.41, 5.74) is 0.445. The average Bonchev–Trinajstić information content (AvgIpc) is 2.87. The van der Waals surface area contributed by atoms with E-state index in [-0.39, 0.29) is 11.9 Å². The van der Waals surface area contributed by atoms with Crippen molar-refractivity contribution in [2.75, 3.05) is 0 Å². The van der Waals surface area contributed by atoms with Gasteiger partial charge >= 0.3 is 5.97 Å². The van der Waals surface area contributed by atoms with E-state index >= 15 is 0 Å². The van der Waals surface area contributed by atoms with Crippen LogP contribution in [0.1, 0.15) is 50.0 Å². The Morgan fingerprint density at radius 2 is 2.10 bits per heavy atom. The Morgan fingerprint density at radius 3 is 2.71 bits per heavy atom. The largest absolute Gasteiger partial charge is 0.448 e. The normalized spacial score (nSPS) is 23.4. The minimum Gasteiger partial charge on any atom is -0.448 e. The van der Waals surface area contributed by atoms with Crippen molar-refractivity contribution < 1.29 is 14.3 Å². The average molecular weight is 292 g/mol. The fourth-order valence-electron chi connectivity index (χ4n) is 2.78. The highest BCUT2D eigenvalue weighted by Gasteiger charge is 2.26. The van der Waals surface area contributed by atoms with Gasteiger partial charge < -0.3 is 14.6 Å². The molecule has 0 saturated heterocycles. The first kappa shape index (κ1) is 15.6. The van der Waals surface area contributed by atoms with Gasteiger partial charge in [-0.3, -0.25) is 4.79 Å². The highest BCUT2D eigenvalue weighted by molar-refractivity contribution is 5.91. The number of hydrogen-bond acceptors (Lipinski definition) is 3. The van der Waals surface area contributed by atoms with E-state index in [1.165, 1.54) is 6.42 Å². The topological polar surface area (TPSA) is 60.3 Å². The smallest absolute Gasteiger partial charge is 0.355 e. The fraction of sp³-hybridized carbons (Fsp3) is 0.625. The van der Waals surface area contributed by atoms with Crippen LogP contribution >= 0.6 is 0 Å². The van der Waals surface area contributed by atoms with Crippen LogP contribution in [0.3, 0.4) is 0 Å². The molecule has 1 aromatic rings. The van der Waals surface area contributed by atoms with E-state index < -0.39 is 12.1 Å². The zero-order valence-corrected chi connectivity index (χ0v) is 13.0. The fourth-order valence-corrected chi connectivity index (χ4v) is 2.78. The second-order valence-corrected chi connectivity index (χ2v) is 5.93. The summed E-state index contributed by atoms with van der Waals surface area (Å²) in [5, 5.41) is 3.01. The van der Waals surface area contributed by atoms with E-state index in [1.54, 1.807) is 36.9 Å². The van der Waals surface area contributed by atoms with Crippen molar-refractivity contribution >= 4 is 11.9 Å². The Bertz CT molecular complexity index is 509. The molecule has 0 aliphatic heterocycles. The summed E-state index contributed by atoms with van der Waals surface area (Å²) in [5.74, 6) is -0.198. The Morgan fingerprint density at radius 1 is 1.38 bits per heavy atom. The molecule has 1 saturated carbocycles. The second kappa shape index (κ2) is 6.78. The Hall–Kier alpha value is -1.78. The number of rotatable bonds is 4. The molecule has 0 aromatic carbocycles. The monoisotopic (exact) mass is 292 g/mol. The zero-order chi connectivity index (χ0) is 15.4. The van der Waals surface area contributed by atoms with Gasteiger partial charge in [0.15, 0.2) is 6.10 Å². The van der Waals surface area contributed by atoms with Crippen LogP contribution in [-0.4, -0.2) is 28.6 Å². The van der Waals surface area contributed by atoms with Gasteiger partial charge in [-0.2, -0.15) is 0 Å². The molecule has 1 amide bonds. The predicted octanol–water partition coefficient (Wildman–Crippen LogP) is 2.27. The van der Waals surface area contributed by atoms with Crippen LogP contribution < -0.4 is 5.32 Å². The number of amides is 1. The lowest BCUT2D eigenvalue weighted by molar-refractivity contribution is -0.130. The van der Waals surface area contributed by atoms with Gasteiger partial charge in [0.2, 0.25) is 0 Å². The van der Waals surface area contributed by atoms with Gasteiger partial charge in [0.25, 0.3) is 5.91 Å². The molecule has 116 valence electrons. The van der Waals surface area contributed by atoms with Gasteiger partial charge in [-0.15, -0.1) is 0 Å². The number of hydrogen-bond donors (Lipinski definition) is 1. The molecule has 0 spiro atoms. The summed E-state index contributed by atoms with van der Waals surface area (Å²) in [7, 11) is 1.77. The van der Waals surface area contributed by atoms with Crippen LogP contribution in [0.5, 0.6) is 0 Å². The first-order chi connectivity index (χ1) is 9.99. The summed E-state index contributed by atoms with van der Waals surface area (Å²) in [6, 6.07) is 3.64. The molecule has 5 nitrogen and oxygen atoms in total. The third-order valence-corrected chi connectivity index (χ3v) is 4.25. The lowest BCUT2D eigenvalue weighted by Crippen LogP contribution is -2.46. The van der Waals surface area contributed by atoms with Gasteiger partial charge in [-0.1, -0.05) is 19.8 Å². The standard InChI is InChI=1S/C16H24N2O3/c1-11-7-4-5-8-13(11)17-15(19)12(2)21-16(20)14-9-6-10-18(14)3/h6,9-13H,4-5,7-8H2,1-3H3,(H,17,19)/t11-,12+,13-/m0/s1. The van der Waals surface area contributed by atoms with Crippen molar-refractivity contribution in [3.05, 3.63) is 24.0 Å². The summed E-state index contributed by atoms with van der Waals surface area (Å²) in [6.07, 6.45) is 5.51. The Balaban J connectivity index is 1.87. The van der Waals surface area contributed by atoms with Crippen molar-refractivity contribution in [2.45, 2.75) is 51.7 Å². The molecule has 3 atom stereocenters. The number of aryl methyl sites for hydroxylation is 1. The van der Waals surface area contributed by atoms with Crippen LogP contribution in [0.2, 0.25) is 0 Å². The highest BCUT2D eigenvalue weighted by atomic mass is 16.5. The molecule has 0 unspecified atom stereocenters. The van der Waals surface area contributed by atoms with E-state index in [4.69, 9.17) is 4.74 Å². The third-order valence-electron chi connectivity index (χ3n) is 4.25. The molecule has 2 rings (SSSR count). The van der Waals surface area contributed by atoms with Crippen LogP contribution in [0.4, 0.5) is 0 Å². The van der Waals surface area contributed by atoms with Crippen molar-refractivity contribution in [3.63, 3.8) is 0 Å². The Kier molecular flexibility index (Phi) is 5.04. The van der Waals surface area contributed by atoms with Crippen molar-refractivity contribution in [1.82, 2.24) is 9.88 Å². The maximum Gasteiger partial charge on any atom is 0.355 e. The molecule has 1 fully saturated rings. The molecule has 21 heavy (non-hydrogen) atoms. The Labute approximate surface area is 125 Å². The number of nitrogens with zero attached hydrogens (tertiary/aromatic N) is 1. The van der Waals surface area contributed by atoms with Gasteiger partial charge in [-0.05, 0) is 37.8 Å².